The monoisotopic (exact) mass is 383 g/mol. The summed E-state index contributed by atoms with van der Waals surface area (Å²) in [4.78, 5) is 14.3. The lowest BCUT2D eigenvalue weighted by molar-refractivity contribution is -0.117. The highest BCUT2D eigenvalue weighted by molar-refractivity contribution is 9.10. The molecule has 5 heteroatoms. The number of carbonyl (C=O) groups excluding carboxylic acids is 1. The molecule has 0 spiro atoms. The molecule has 1 aromatic rings. The topological polar surface area (TPSA) is 29.5 Å². The highest BCUT2D eigenvalue weighted by Crippen LogP contribution is 2.39. The van der Waals surface area contributed by atoms with Crippen molar-refractivity contribution in [2.45, 2.75) is 58.4 Å². The van der Waals surface area contributed by atoms with Crippen molar-refractivity contribution >= 4 is 35.8 Å². The molecular formula is C17H26BrNO2Si. The van der Waals surface area contributed by atoms with E-state index in [0.717, 1.165) is 15.7 Å². The third-order valence-corrected chi connectivity index (χ3v) is 9.83. The molecule has 1 saturated heterocycles. The molecule has 1 fully saturated rings. The van der Waals surface area contributed by atoms with E-state index in [0.29, 0.717) is 13.0 Å². The van der Waals surface area contributed by atoms with Gasteiger partial charge in [0, 0.05) is 10.2 Å². The zero-order valence-electron chi connectivity index (χ0n) is 14.4. The summed E-state index contributed by atoms with van der Waals surface area (Å²) in [7, 11) is -1.84. The van der Waals surface area contributed by atoms with Gasteiger partial charge in [0.1, 0.15) is 0 Å². The van der Waals surface area contributed by atoms with Gasteiger partial charge < -0.3 is 9.33 Å². The molecule has 122 valence electrons. The number of halogens is 1. The van der Waals surface area contributed by atoms with Crippen molar-refractivity contribution in [2.24, 2.45) is 0 Å². The SMILES string of the molecule is Cc1cc(Br)ccc1N1C[C@H](O[Si](C)(C)C(C)(C)C)CC1=O. The van der Waals surface area contributed by atoms with E-state index in [4.69, 9.17) is 4.43 Å². The quantitative estimate of drug-likeness (QED) is 0.695. The molecule has 0 bridgehead atoms. The first-order valence-electron chi connectivity index (χ1n) is 7.75. The van der Waals surface area contributed by atoms with Gasteiger partial charge in [-0.15, -0.1) is 0 Å². The molecule has 1 aromatic carbocycles. The van der Waals surface area contributed by atoms with Gasteiger partial charge in [0.2, 0.25) is 5.91 Å². The second-order valence-electron chi connectivity index (χ2n) is 7.64. The molecular weight excluding hydrogens is 358 g/mol. The van der Waals surface area contributed by atoms with Gasteiger partial charge in [0.05, 0.1) is 19.1 Å². The van der Waals surface area contributed by atoms with Crippen molar-refractivity contribution in [3.8, 4) is 0 Å². The Labute approximate surface area is 143 Å². The molecule has 2 rings (SSSR count). The second-order valence-corrected chi connectivity index (χ2v) is 13.3. The smallest absolute Gasteiger partial charge is 0.229 e. The molecule has 0 aliphatic carbocycles. The maximum Gasteiger partial charge on any atom is 0.229 e. The summed E-state index contributed by atoms with van der Waals surface area (Å²) in [5.41, 5.74) is 2.10. The van der Waals surface area contributed by atoms with Gasteiger partial charge in [0.25, 0.3) is 0 Å². The van der Waals surface area contributed by atoms with Crippen LogP contribution in [0.25, 0.3) is 0 Å². The van der Waals surface area contributed by atoms with E-state index in [1.54, 1.807) is 0 Å². The second kappa shape index (κ2) is 6.10. The van der Waals surface area contributed by atoms with E-state index >= 15 is 0 Å². The standard InChI is InChI=1S/C17H26BrNO2Si/c1-12-9-13(18)7-8-15(12)19-11-14(10-16(19)20)21-22(5,6)17(2,3)4/h7-9,14H,10-11H2,1-6H3/t14-/m1/s1. The minimum atomic E-state index is -1.84. The molecule has 0 radical (unpaired) electrons. The summed E-state index contributed by atoms with van der Waals surface area (Å²) >= 11 is 3.47. The van der Waals surface area contributed by atoms with Gasteiger partial charge in [-0.25, -0.2) is 0 Å². The normalized spacial score (nSPS) is 19.9. The van der Waals surface area contributed by atoms with Gasteiger partial charge in [-0.3, -0.25) is 4.79 Å². The van der Waals surface area contributed by atoms with Gasteiger partial charge in [-0.05, 0) is 48.8 Å². The highest BCUT2D eigenvalue weighted by atomic mass is 79.9. The number of benzene rings is 1. The first-order chi connectivity index (χ1) is 10.0. The van der Waals surface area contributed by atoms with Crippen molar-refractivity contribution in [1.82, 2.24) is 0 Å². The first-order valence-corrected chi connectivity index (χ1v) is 11.5. The van der Waals surface area contributed by atoms with Crippen LogP contribution in [0.4, 0.5) is 5.69 Å². The van der Waals surface area contributed by atoms with Crippen LogP contribution in [0.15, 0.2) is 22.7 Å². The summed E-state index contributed by atoms with van der Waals surface area (Å²) in [6.45, 7) is 13.9. The van der Waals surface area contributed by atoms with Gasteiger partial charge in [0.15, 0.2) is 8.32 Å². The lowest BCUT2D eigenvalue weighted by atomic mass is 10.2. The Morgan fingerprint density at radius 1 is 1.32 bits per heavy atom. The predicted octanol–water partition coefficient (Wildman–Crippen LogP) is 4.88. The Bertz CT molecular complexity index is 581. The van der Waals surface area contributed by atoms with E-state index in [2.05, 4.69) is 49.8 Å². The molecule has 1 aliphatic rings. The zero-order valence-corrected chi connectivity index (χ0v) is 17.0. The van der Waals surface area contributed by atoms with Gasteiger partial charge >= 0.3 is 0 Å². The number of hydrogen-bond donors (Lipinski definition) is 0. The molecule has 22 heavy (non-hydrogen) atoms. The van der Waals surface area contributed by atoms with Gasteiger partial charge in [-0.1, -0.05) is 36.7 Å². The molecule has 1 heterocycles. The molecule has 1 atom stereocenters. The van der Waals surface area contributed by atoms with Crippen molar-refractivity contribution in [1.29, 1.82) is 0 Å². The van der Waals surface area contributed by atoms with E-state index in [-0.39, 0.29) is 17.0 Å². The third kappa shape index (κ3) is 3.63. The molecule has 0 unspecified atom stereocenters. The Morgan fingerprint density at radius 3 is 2.50 bits per heavy atom. The summed E-state index contributed by atoms with van der Waals surface area (Å²) in [5, 5.41) is 0.164. The van der Waals surface area contributed by atoms with Crippen molar-refractivity contribution in [2.75, 3.05) is 11.4 Å². The molecule has 0 aromatic heterocycles. The fourth-order valence-corrected chi connectivity index (χ4v) is 4.32. The maximum absolute atomic E-state index is 12.4. The fraction of sp³-hybridized carbons (Fsp3) is 0.588. The number of nitrogens with zero attached hydrogens (tertiary/aromatic N) is 1. The number of anilines is 1. The lowest BCUT2D eigenvalue weighted by Gasteiger charge is -2.38. The minimum absolute atomic E-state index is 0.0106. The van der Waals surface area contributed by atoms with Crippen LogP contribution in [0.5, 0.6) is 0 Å². The lowest BCUT2D eigenvalue weighted by Crippen LogP contribution is -2.44. The first kappa shape index (κ1) is 17.7. The molecule has 1 amide bonds. The third-order valence-electron chi connectivity index (χ3n) is 4.81. The van der Waals surface area contributed by atoms with E-state index in [1.807, 2.05) is 30.0 Å². The minimum Gasteiger partial charge on any atom is -0.412 e. The number of rotatable bonds is 3. The van der Waals surface area contributed by atoms with Crippen LogP contribution >= 0.6 is 15.9 Å². The van der Waals surface area contributed by atoms with Crippen LogP contribution in [0, 0.1) is 6.92 Å². The Balaban J connectivity index is 2.15. The van der Waals surface area contributed by atoms with Crippen LogP contribution in [-0.2, 0) is 9.22 Å². The van der Waals surface area contributed by atoms with E-state index in [9.17, 15) is 4.79 Å². The zero-order chi connectivity index (χ0) is 16.7. The average Bonchev–Trinajstić information content (AvgIpc) is 2.67. The maximum atomic E-state index is 12.4. The Morgan fingerprint density at radius 2 is 1.95 bits per heavy atom. The van der Waals surface area contributed by atoms with E-state index in [1.165, 1.54) is 0 Å². The number of carbonyl (C=O) groups is 1. The van der Waals surface area contributed by atoms with Gasteiger partial charge in [-0.2, -0.15) is 0 Å². The summed E-state index contributed by atoms with van der Waals surface area (Å²) < 4.78 is 7.45. The molecule has 0 N–H and O–H groups in total. The highest BCUT2D eigenvalue weighted by Gasteiger charge is 2.42. The summed E-state index contributed by atoms with van der Waals surface area (Å²) in [6, 6.07) is 6.04. The van der Waals surface area contributed by atoms with E-state index < -0.39 is 8.32 Å². The Kier molecular flexibility index (Phi) is 4.90. The number of aryl methyl sites for hydroxylation is 1. The molecule has 1 aliphatic heterocycles. The van der Waals surface area contributed by atoms with Crippen LogP contribution in [0.2, 0.25) is 18.1 Å². The largest absolute Gasteiger partial charge is 0.412 e. The molecule has 3 nitrogen and oxygen atoms in total. The molecule has 0 saturated carbocycles. The number of amides is 1. The van der Waals surface area contributed by atoms with Crippen LogP contribution in [-0.4, -0.2) is 26.9 Å². The number of hydrogen-bond acceptors (Lipinski definition) is 2. The van der Waals surface area contributed by atoms with Crippen LogP contribution < -0.4 is 4.90 Å². The van der Waals surface area contributed by atoms with Crippen molar-refractivity contribution in [3.63, 3.8) is 0 Å². The van der Waals surface area contributed by atoms with Crippen LogP contribution in [0.3, 0.4) is 0 Å². The Hall–Kier alpha value is -0.653. The van der Waals surface area contributed by atoms with Crippen molar-refractivity contribution < 1.29 is 9.22 Å². The summed E-state index contributed by atoms with van der Waals surface area (Å²) in [6.07, 6.45) is 0.499. The summed E-state index contributed by atoms with van der Waals surface area (Å²) in [5.74, 6) is 0.161. The average molecular weight is 384 g/mol. The fourth-order valence-electron chi connectivity index (χ4n) is 2.50. The predicted molar refractivity (Wildman–Crippen MR) is 97.9 cm³/mol. The van der Waals surface area contributed by atoms with Crippen molar-refractivity contribution in [3.05, 3.63) is 28.2 Å². The van der Waals surface area contributed by atoms with Crippen LogP contribution in [0.1, 0.15) is 32.8 Å².